The van der Waals surface area contributed by atoms with E-state index in [2.05, 4.69) is 0 Å². The molecule has 0 aliphatic rings. The first-order chi connectivity index (χ1) is 9.88. The molecule has 6 heteroatoms. The number of rotatable bonds is 4. The molecule has 0 aliphatic carbocycles. The van der Waals surface area contributed by atoms with Crippen LogP contribution in [0.25, 0.3) is 0 Å². The number of benzene rings is 2. The van der Waals surface area contributed by atoms with E-state index in [1.54, 1.807) is 38.1 Å². The Hall–Kier alpha value is -2.11. The van der Waals surface area contributed by atoms with Crippen molar-refractivity contribution in [2.24, 2.45) is 0 Å². The molecule has 0 unspecified atom stereocenters. The summed E-state index contributed by atoms with van der Waals surface area (Å²) in [5.41, 5.74) is 1.29. The first-order valence-electron chi connectivity index (χ1n) is 6.29. The molecule has 2 aromatic carbocycles. The summed E-state index contributed by atoms with van der Waals surface area (Å²) in [7, 11) is 0. The van der Waals surface area contributed by atoms with Gasteiger partial charge in [-0.3, -0.25) is 10.1 Å². The molecule has 1 atom stereocenters. The molecule has 110 valence electrons. The summed E-state index contributed by atoms with van der Waals surface area (Å²) >= 11 is 6.08. The SMILES string of the molecule is Cc1ccc(Oc2ccc([C@@H](C)O)cc2Cl)c([N+](=O)[O-])c1. The first kappa shape index (κ1) is 15.3. The lowest BCUT2D eigenvalue weighted by molar-refractivity contribution is -0.385. The van der Waals surface area contributed by atoms with Crippen LogP contribution in [0.5, 0.6) is 11.5 Å². The van der Waals surface area contributed by atoms with Crippen LogP contribution in [0.2, 0.25) is 5.02 Å². The van der Waals surface area contributed by atoms with Gasteiger partial charge in [-0.2, -0.15) is 0 Å². The maximum absolute atomic E-state index is 11.1. The summed E-state index contributed by atoms with van der Waals surface area (Å²) in [6, 6.07) is 9.50. The van der Waals surface area contributed by atoms with E-state index in [0.717, 1.165) is 5.56 Å². The fraction of sp³-hybridized carbons (Fsp3) is 0.200. The minimum absolute atomic E-state index is 0.120. The number of nitrogens with zero attached hydrogens (tertiary/aromatic N) is 1. The highest BCUT2D eigenvalue weighted by atomic mass is 35.5. The molecular formula is C15H14ClNO4. The summed E-state index contributed by atoms with van der Waals surface area (Å²) in [4.78, 5) is 10.6. The van der Waals surface area contributed by atoms with E-state index < -0.39 is 11.0 Å². The van der Waals surface area contributed by atoms with E-state index >= 15 is 0 Å². The number of hydrogen-bond donors (Lipinski definition) is 1. The van der Waals surface area contributed by atoms with Gasteiger partial charge in [0.2, 0.25) is 5.75 Å². The zero-order valence-corrected chi connectivity index (χ0v) is 12.3. The van der Waals surface area contributed by atoms with E-state index in [9.17, 15) is 15.2 Å². The molecule has 0 spiro atoms. The summed E-state index contributed by atoms with van der Waals surface area (Å²) in [6.45, 7) is 3.39. The molecule has 0 radical (unpaired) electrons. The van der Waals surface area contributed by atoms with E-state index in [1.165, 1.54) is 12.1 Å². The fourth-order valence-electron chi connectivity index (χ4n) is 1.83. The third kappa shape index (κ3) is 3.51. The van der Waals surface area contributed by atoms with Crippen molar-refractivity contribution in [3.63, 3.8) is 0 Å². The lowest BCUT2D eigenvalue weighted by Gasteiger charge is -2.11. The van der Waals surface area contributed by atoms with Crippen molar-refractivity contribution < 1.29 is 14.8 Å². The van der Waals surface area contributed by atoms with Crippen LogP contribution in [0.1, 0.15) is 24.2 Å². The first-order valence-corrected chi connectivity index (χ1v) is 6.66. The van der Waals surface area contributed by atoms with Crippen LogP contribution in [0.15, 0.2) is 36.4 Å². The van der Waals surface area contributed by atoms with Gasteiger partial charge in [0, 0.05) is 6.07 Å². The van der Waals surface area contributed by atoms with Crippen LogP contribution in [-0.4, -0.2) is 10.0 Å². The van der Waals surface area contributed by atoms with Crippen molar-refractivity contribution in [1.82, 2.24) is 0 Å². The van der Waals surface area contributed by atoms with E-state index in [4.69, 9.17) is 16.3 Å². The Kier molecular flexibility index (Phi) is 4.45. The number of nitro benzene ring substituents is 1. The average Bonchev–Trinajstić information content (AvgIpc) is 2.42. The summed E-state index contributed by atoms with van der Waals surface area (Å²) in [6.07, 6.45) is -0.648. The Labute approximate surface area is 126 Å². The zero-order chi connectivity index (χ0) is 15.6. The van der Waals surface area contributed by atoms with Crippen LogP contribution in [0.3, 0.4) is 0 Å². The molecule has 0 saturated carbocycles. The summed E-state index contributed by atoms with van der Waals surface area (Å²) in [5.74, 6) is 0.422. The quantitative estimate of drug-likeness (QED) is 0.671. The van der Waals surface area contributed by atoms with E-state index in [-0.39, 0.29) is 16.5 Å². The van der Waals surface area contributed by atoms with E-state index in [1.807, 2.05) is 0 Å². The maximum Gasteiger partial charge on any atom is 0.311 e. The Balaban J connectivity index is 2.37. The molecular weight excluding hydrogens is 294 g/mol. The predicted octanol–water partition coefficient (Wildman–Crippen LogP) is 4.40. The minimum atomic E-state index is -0.648. The normalized spacial score (nSPS) is 12.0. The highest BCUT2D eigenvalue weighted by Gasteiger charge is 2.17. The lowest BCUT2D eigenvalue weighted by Crippen LogP contribution is -1.96. The smallest absolute Gasteiger partial charge is 0.311 e. The Morgan fingerprint density at radius 1 is 1.24 bits per heavy atom. The lowest BCUT2D eigenvalue weighted by atomic mass is 10.1. The van der Waals surface area contributed by atoms with Gasteiger partial charge in [-0.1, -0.05) is 23.7 Å². The number of aliphatic hydroxyl groups is 1. The fourth-order valence-corrected chi connectivity index (χ4v) is 2.06. The van der Waals surface area contributed by atoms with Crippen molar-refractivity contribution >= 4 is 17.3 Å². The molecule has 5 nitrogen and oxygen atoms in total. The average molecular weight is 308 g/mol. The molecule has 0 aliphatic heterocycles. The molecule has 0 aromatic heterocycles. The van der Waals surface area contributed by atoms with Crippen molar-refractivity contribution in [3.05, 3.63) is 62.7 Å². The van der Waals surface area contributed by atoms with Crippen molar-refractivity contribution in [1.29, 1.82) is 0 Å². The molecule has 0 fully saturated rings. The molecule has 2 rings (SSSR count). The zero-order valence-electron chi connectivity index (χ0n) is 11.5. The third-order valence-electron chi connectivity index (χ3n) is 2.97. The standard InChI is InChI=1S/C15H14ClNO4/c1-9-3-5-15(13(7-9)17(19)20)21-14-6-4-11(10(2)18)8-12(14)16/h3-8,10,18H,1-2H3/t10-/m1/s1. The molecule has 0 amide bonds. The summed E-state index contributed by atoms with van der Waals surface area (Å²) < 4.78 is 5.54. The van der Waals surface area contributed by atoms with Crippen LogP contribution >= 0.6 is 11.6 Å². The highest BCUT2D eigenvalue weighted by Crippen LogP contribution is 2.36. The molecule has 2 aromatic rings. The van der Waals surface area contributed by atoms with Gasteiger partial charge < -0.3 is 9.84 Å². The largest absolute Gasteiger partial charge is 0.449 e. The van der Waals surface area contributed by atoms with Crippen LogP contribution < -0.4 is 4.74 Å². The number of aryl methyl sites for hydroxylation is 1. The van der Waals surface area contributed by atoms with Crippen LogP contribution in [0, 0.1) is 17.0 Å². The molecule has 0 bridgehead atoms. The number of hydrogen-bond acceptors (Lipinski definition) is 4. The molecule has 0 saturated heterocycles. The van der Waals surface area contributed by atoms with Gasteiger partial charge in [0.25, 0.3) is 0 Å². The Bertz CT molecular complexity index is 685. The second-order valence-electron chi connectivity index (χ2n) is 4.70. The van der Waals surface area contributed by atoms with Crippen molar-refractivity contribution in [2.45, 2.75) is 20.0 Å². The number of halogens is 1. The van der Waals surface area contributed by atoms with E-state index in [0.29, 0.717) is 11.3 Å². The molecule has 1 N–H and O–H groups in total. The Morgan fingerprint density at radius 2 is 1.90 bits per heavy atom. The van der Waals surface area contributed by atoms with Crippen LogP contribution in [-0.2, 0) is 0 Å². The molecule has 0 heterocycles. The van der Waals surface area contributed by atoms with Crippen molar-refractivity contribution in [2.75, 3.05) is 0 Å². The van der Waals surface area contributed by atoms with Gasteiger partial charge >= 0.3 is 5.69 Å². The van der Waals surface area contributed by atoms with Gasteiger partial charge in [-0.25, -0.2) is 0 Å². The predicted molar refractivity (Wildman–Crippen MR) is 80.0 cm³/mol. The third-order valence-corrected chi connectivity index (χ3v) is 3.26. The molecule has 21 heavy (non-hydrogen) atoms. The van der Waals surface area contributed by atoms with Gasteiger partial charge in [-0.15, -0.1) is 0 Å². The van der Waals surface area contributed by atoms with Crippen LogP contribution in [0.4, 0.5) is 5.69 Å². The second kappa shape index (κ2) is 6.11. The van der Waals surface area contributed by atoms with Gasteiger partial charge in [-0.05, 0) is 43.2 Å². The number of ether oxygens (including phenoxy) is 1. The number of aliphatic hydroxyl groups excluding tert-OH is 1. The van der Waals surface area contributed by atoms with Crippen molar-refractivity contribution in [3.8, 4) is 11.5 Å². The maximum atomic E-state index is 11.1. The highest BCUT2D eigenvalue weighted by molar-refractivity contribution is 6.32. The van der Waals surface area contributed by atoms with Gasteiger partial charge in [0.05, 0.1) is 16.0 Å². The topological polar surface area (TPSA) is 72.6 Å². The monoisotopic (exact) mass is 307 g/mol. The van der Waals surface area contributed by atoms with Gasteiger partial charge in [0.1, 0.15) is 5.75 Å². The minimum Gasteiger partial charge on any atom is -0.449 e. The second-order valence-corrected chi connectivity index (χ2v) is 5.10. The van der Waals surface area contributed by atoms with Gasteiger partial charge in [0.15, 0.2) is 0 Å². The summed E-state index contributed by atoms with van der Waals surface area (Å²) in [5, 5.41) is 20.8. The number of nitro groups is 1. The Morgan fingerprint density at radius 3 is 2.48 bits per heavy atom.